The summed E-state index contributed by atoms with van der Waals surface area (Å²) in [5.41, 5.74) is 6.85. The molecule has 1 aliphatic rings. The van der Waals surface area contributed by atoms with E-state index in [0.717, 1.165) is 5.92 Å². The highest BCUT2D eigenvalue weighted by Crippen LogP contribution is 2.40. The fraction of sp³-hybridized carbons (Fsp3) is 0.765. The van der Waals surface area contributed by atoms with Crippen LogP contribution in [-0.4, -0.2) is 10.7 Å². The van der Waals surface area contributed by atoms with E-state index in [1.54, 1.807) is 0 Å². The second-order valence-corrected chi connectivity index (χ2v) is 6.97. The molecule has 0 aliphatic heterocycles. The Morgan fingerprint density at radius 2 is 1.63 bits per heavy atom. The molecule has 0 saturated heterocycles. The van der Waals surface area contributed by atoms with Crippen molar-refractivity contribution < 1.29 is 0 Å². The molecule has 1 aromatic rings. The molecule has 19 heavy (non-hydrogen) atoms. The molecule has 0 atom stereocenters. The van der Waals surface area contributed by atoms with Crippen LogP contribution in [0.5, 0.6) is 0 Å². The van der Waals surface area contributed by atoms with Crippen molar-refractivity contribution in [2.75, 3.05) is 5.43 Å². The van der Waals surface area contributed by atoms with E-state index < -0.39 is 0 Å². The van der Waals surface area contributed by atoms with Crippen LogP contribution >= 0.6 is 0 Å². The van der Waals surface area contributed by atoms with Gasteiger partial charge in [-0.3, -0.25) is 4.68 Å². The zero-order valence-electron chi connectivity index (χ0n) is 13.3. The molecule has 0 spiro atoms. The summed E-state index contributed by atoms with van der Waals surface area (Å²) in [4.78, 5) is 0. The molecule has 0 radical (unpaired) electrons. The Balaban J connectivity index is 1.91. The Labute approximate surface area is 118 Å². The Kier molecular flexibility index (Phi) is 4.27. The van der Waals surface area contributed by atoms with Crippen LogP contribution in [-0.2, 0) is 0 Å². The van der Waals surface area contributed by atoms with Crippen molar-refractivity contribution in [3.63, 3.8) is 0 Å². The minimum absolute atomic E-state index is 0.518. The summed E-state index contributed by atoms with van der Waals surface area (Å²) in [6.07, 6.45) is 6.66. The van der Waals surface area contributed by atoms with Crippen LogP contribution in [0.4, 0.5) is 0 Å². The second-order valence-electron chi connectivity index (χ2n) is 6.97. The normalized spacial score (nSPS) is 24.5. The average Bonchev–Trinajstić information content (AvgIpc) is 2.71. The number of rotatable bonds is 4. The molecular formula is C17H30N2. The van der Waals surface area contributed by atoms with Gasteiger partial charge in [0.2, 0.25) is 0 Å². The molecule has 2 nitrogen and oxygen atoms in total. The molecule has 2 heteroatoms. The van der Waals surface area contributed by atoms with Crippen molar-refractivity contribution in [1.29, 1.82) is 0 Å². The molecule has 0 unspecified atom stereocenters. The van der Waals surface area contributed by atoms with Crippen molar-refractivity contribution >= 4 is 0 Å². The van der Waals surface area contributed by atoms with E-state index in [9.17, 15) is 0 Å². The van der Waals surface area contributed by atoms with Gasteiger partial charge in [0.15, 0.2) is 0 Å². The zero-order chi connectivity index (χ0) is 14.0. The fourth-order valence-corrected chi connectivity index (χ4v) is 3.35. The Bertz CT molecular complexity index is 389. The summed E-state index contributed by atoms with van der Waals surface area (Å²) < 4.78 is 2.26. The average molecular weight is 262 g/mol. The minimum atomic E-state index is 0.518. The first-order chi connectivity index (χ1) is 8.94. The van der Waals surface area contributed by atoms with Gasteiger partial charge in [-0.05, 0) is 63.0 Å². The summed E-state index contributed by atoms with van der Waals surface area (Å²) in [6.45, 7) is 11.5. The molecule has 1 aliphatic carbocycles. The molecule has 0 aromatic carbocycles. The molecule has 1 saturated carbocycles. The van der Waals surface area contributed by atoms with E-state index in [1.807, 2.05) is 0 Å². The van der Waals surface area contributed by atoms with Gasteiger partial charge in [0, 0.05) is 17.4 Å². The third-order valence-corrected chi connectivity index (χ3v) is 5.33. The van der Waals surface area contributed by atoms with Crippen LogP contribution < -0.4 is 5.43 Å². The van der Waals surface area contributed by atoms with Crippen LogP contribution in [0, 0.1) is 25.2 Å². The van der Waals surface area contributed by atoms with Gasteiger partial charge in [-0.1, -0.05) is 27.2 Å². The number of aromatic nitrogens is 1. The number of aryl methyl sites for hydroxylation is 2. The van der Waals surface area contributed by atoms with E-state index >= 15 is 0 Å². The van der Waals surface area contributed by atoms with Crippen LogP contribution in [0.25, 0.3) is 0 Å². The molecule has 0 bridgehead atoms. The van der Waals surface area contributed by atoms with E-state index in [4.69, 9.17) is 0 Å². The third-order valence-electron chi connectivity index (χ3n) is 5.33. The standard InChI is InChI=1S/C17H30N2/c1-6-17(4,5)15-9-11-16(12-10-15)18-19-13(2)7-8-14(19)3/h7-8,15-16,18H,6,9-12H2,1-5H3. The van der Waals surface area contributed by atoms with E-state index in [0.29, 0.717) is 11.5 Å². The smallest absolute Gasteiger partial charge is 0.0424 e. The number of hydrogen-bond acceptors (Lipinski definition) is 1. The van der Waals surface area contributed by atoms with Crippen LogP contribution in [0.2, 0.25) is 0 Å². The topological polar surface area (TPSA) is 17.0 Å². The SMILES string of the molecule is CCC(C)(C)C1CCC(Nn2c(C)ccc2C)CC1. The molecule has 2 rings (SSSR count). The maximum absolute atomic E-state index is 3.70. The Hall–Kier alpha value is -0.920. The van der Waals surface area contributed by atoms with Crippen molar-refractivity contribution in [3.05, 3.63) is 23.5 Å². The summed E-state index contributed by atoms with van der Waals surface area (Å²) >= 11 is 0. The van der Waals surface area contributed by atoms with Gasteiger partial charge in [-0.2, -0.15) is 0 Å². The lowest BCUT2D eigenvalue weighted by atomic mass is 9.69. The first-order valence-corrected chi connectivity index (χ1v) is 7.85. The Morgan fingerprint density at radius 1 is 1.11 bits per heavy atom. The number of nitrogens with zero attached hydrogens (tertiary/aromatic N) is 1. The minimum Gasteiger partial charge on any atom is -0.323 e. The highest BCUT2D eigenvalue weighted by molar-refractivity contribution is 5.16. The van der Waals surface area contributed by atoms with Gasteiger partial charge in [-0.25, -0.2) is 0 Å². The van der Waals surface area contributed by atoms with Gasteiger partial charge in [0.25, 0.3) is 0 Å². The first kappa shape index (κ1) is 14.5. The number of hydrogen-bond donors (Lipinski definition) is 1. The maximum atomic E-state index is 3.70. The molecule has 1 fully saturated rings. The molecule has 1 N–H and O–H groups in total. The molecule has 1 heterocycles. The summed E-state index contributed by atoms with van der Waals surface area (Å²) in [6, 6.07) is 5.02. The first-order valence-electron chi connectivity index (χ1n) is 7.85. The second kappa shape index (κ2) is 5.60. The molecule has 1 aromatic heterocycles. The van der Waals surface area contributed by atoms with Gasteiger partial charge >= 0.3 is 0 Å². The predicted octanol–water partition coefficient (Wildman–Crippen LogP) is 4.64. The van der Waals surface area contributed by atoms with Gasteiger partial charge in [-0.15, -0.1) is 0 Å². The molecule has 108 valence electrons. The predicted molar refractivity (Wildman–Crippen MR) is 83.1 cm³/mol. The van der Waals surface area contributed by atoms with Crippen molar-refractivity contribution in [2.24, 2.45) is 11.3 Å². The summed E-state index contributed by atoms with van der Waals surface area (Å²) in [7, 11) is 0. The molecule has 0 amide bonds. The van der Waals surface area contributed by atoms with E-state index in [-0.39, 0.29) is 0 Å². The lowest BCUT2D eigenvalue weighted by Gasteiger charge is -2.39. The highest BCUT2D eigenvalue weighted by atomic mass is 15.4. The largest absolute Gasteiger partial charge is 0.323 e. The van der Waals surface area contributed by atoms with Gasteiger partial charge in [0.05, 0.1) is 0 Å². The van der Waals surface area contributed by atoms with Crippen LogP contribution in [0.1, 0.15) is 64.3 Å². The third kappa shape index (κ3) is 3.16. The number of nitrogens with one attached hydrogen (secondary N) is 1. The summed E-state index contributed by atoms with van der Waals surface area (Å²) in [5, 5.41) is 0. The van der Waals surface area contributed by atoms with Gasteiger partial charge in [0.1, 0.15) is 0 Å². The van der Waals surface area contributed by atoms with Gasteiger partial charge < -0.3 is 5.43 Å². The van der Waals surface area contributed by atoms with E-state index in [2.05, 4.69) is 56.9 Å². The van der Waals surface area contributed by atoms with Crippen molar-refractivity contribution in [1.82, 2.24) is 4.68 Å². The van der Waals surface area contributed by atoms with Crippen molar-refractivity contribution in [2.45, 2.75) is 72.8 Å². The highest BCUT2D eigenvalue weighted by Gasteiger charge is 2.31. The lowest BCUT2D eigenvalue weighted by molar-refractivity contribution is 0.145. The van der Waals surface area contributed by atoms with Crippen LogP contribution in [0.3, 0.4) is 0 Å². The lowest BCUT2D eigenvalue weighted by Crippen LogP contribution is -2.36. The fourth-order valence-electron chi connectivity index (χ4n) is 3.35. The zero-order valence-corrected chi connectivity index (χ0v) is 13.3. The van der Waals surface area contributed by atoms with Crippen LogP contribution in [0.15, 0.2) is 12.1 Å². The van der Waals surface area contributed by atoms with Crippen molar-refractivity contribution in [3.8, 4) is 0 Å². The molecular weight excluding hydrogens is 232 g/mol. The maximum Gasteiger partial charge on any atom is 0.0424 e. The van der Waals surface area contributed by atoms with E-state index in [1.165, 1.54) is 43.5 Å². The monoisotopic (exact) mass is 262 g/mol. The summed E-state index contributed by atoms with van der Waals surface area (Å²) in [5.74, 6) is 0.905. The quantitative estimate of drug-likeness (QED) is 0.836. The Morgan fingerprint density at radius 3 is 2.11 bits per heavy atom.